The predicted octanol–water partition coefficient (Wildman–Crippen LogP) is 3.41. The molecule has 2 heterocycles. The van der Waals surface area contributed by atoms with Crippen molar-refractivity contribution >= 4 is 17.5 Å². The maximum absolute atomic E-state index is 11.9. The molecule has 0 aliphatic rings. The van der Waals surface area contributed by atoms with Crippen molar-refractivity contribution in [3.8, 4) is 0 Å². The summed E-state index contributed by atoms with van der Waals surface area (Å²) in [5, 5.41) is 2.79. The minimum atomic E-state index is -0.284. The number of aryl methyl sites for hydroxylation is 1. The van der Waals surface area contributed by atoms with E-state index >= 15 is 0 Å². The van der Waals surface area contributed by atoms with Gasteiger partial charge in [0.2, 0.25) is 0 Å². The first-order valence-corrected chi connectivity index (χ1v) is 6.15. The maximum Gasteiger partial charge on any atom is 0.287 e. The van der Waals surface area contributed by atoms with Gasteiger partial charge in [0.05, 0.1) is 11.9 Å². The highest BCUT2D eigenvalue weighted by molar-refractivity contribution is 6.16. The molecule has 0 aromatic carbocycles. The molecule has 1 unspecified atom stereocenters. The van der Waals surface area contributed by atoms with Crippen molar-refractivity contribution in [1.29, 1.82) is 0 Å². The Balaban J connectivity index is 2.02. The lowest BCUT2D eigenvalue weighted by molar-refractivity contribution is 0.0905. The number of hydrogen-bond donors (Lipinski definition) is 1. The van der Waals surface area contributed by atoms with Crippen molar-refractivity contribution in [3.63, 3.8) is 0 Å². The molecule has 2 aromatic rings. The number of amides is 1. The summed E-state index contributed by atoms with van der Waals surface area (Å²) in [6.07, 6.45) is 0. The fourth-order valence-electron chi connectivity index (χ4n) is 1.60. The van der Waals surface area contributed by atoms with Gasteiger partial charge in [-0.15, -0.1) is 11.6 Å². The van der Waals surface area contributed by atoms with Crippen LogP contribution in [0.15, 0.2) is 33.1 Å². The Labute approximate surface area is 110 Å². The second-order valence-corrected chi connectivity index (χ2v) is 4.31. The van der Waals surface area contributed by atoms with Crippen LogP contribution in [0.5, 0.6) is 0 Å². The van der Waals surface area contributed by atoms with Crippen molar-refractivity contribution in [2.24, 2.45) is 0 Å². The number of nitrogens with one attached hydrogen (secondary N) is 1. The molecule has 0 spiro atoms. The highest BCUT2D eigenvalue weighted by atomic mass is 35.5. The molecule has 2 aromatic heterocycles. The average molecular weight is 268 g/mol. The van der Waals surface area contributed by atoms with Crippen molar-refractivity contribution in [3.05, 3.63) is 47.3 Å². The fourth-order valence-corrected chi connectivity index (χ4v) is 1.74. The van der Waals surface area contributed by atoms with Gasteiger partial charge in [0.15, 0.2) is 5.76 Å². The molecule has 0 fully saturated rings. The van der Waals surface area contributed by atoms with E-state index < -0.39 is 0 Å². The van der Waals surface area contributed by atoms with E-state index in [2.05, 4.69) is 5.32 Å². The van der Waals surface area contributed by atoms with Crippen LogP contribution in [0.3, 0.4) is 0 Å². The third kappa shape index (κ3) is 2.76. The van der Waals surface area contributed by atoms with Gasteiger partial charge >= 0.3 is 0 Å². The lowest BCUT2D eigenvalue weighted by atomic mass is 10.2. The van der Waals surface area contributed by atoms with Gasteiger partial charge in [0.1, 0.15) is 17.3 Å². The van der Waals surface area contributed by atoms with E-state index in [1.165, 1.54) is 0 Å². The fraction of sp³-hybridized carbons (Fsp3) is 0.308. The maximum atomic E-state index is 11.9. The largest absolute Gasteiger partial charge is 0.464 e. The molecule has 5 heteroatoms. The van der Waals surface area contributed by atoms with Gasteiger partial charge < -0.3 is 14.2 Å². The topological polar surface area (TPSA) is 55.4 Å². The molecule has 0 bridgehead atoms. The molecular formula is C13H14ClNO3. The lowest BCUT2D eigenvalue weighted by Crippen LogP contribution is -2.25. The normalized spacial score (nSPS) is 12.4. The summed E-state index contributed by atoms with van der Waals surface area (Å²) in [5.74, 6) is 2.32. The van der Waals surface area contributed by atoms with Gasteiger partial charge in [-0.05, 0) is 38.1 Å². The van der Waals surface area contributed by atoms with Crippen molar-refractivity contribution in [2.45, 2.75) is 25.8 Å². The van der Waals surface area contributed by atoms with Gasteiger partial charge in [0.25, 0.3) is 5.91 Å². The summed E-state index contributed by atoms with van der Waals surface area (Å²) < 4.78 is 10.7. The lowest BCUT2D eigenvalue weighted by Gasteiger charge is -2.09. The van der Waals surface area contributed by atoms with Crippen LogP contribution in [0.25, 0.3) is 0 Å². The number of halogens is 1. The SMILES string of the molecule is Cc1ccc(C(C)NC(=O)c2ccc(CCl)o2)o1. The Morgan fingerprint density at radius 3 is 2.67 bits per heavy atom. The van der Waals surface area contributed by atoms with Crippen LogP contribution >= 0.6 is 11.6 Å². The standard InChI is InChI=1S/C13H14ClNO3/c1-8-3-5-11(17-8)9(2)15-13(16)12-6-4-10(7-14)18-12/h3-6,9H,7H2,1-2H3,(H,15,16). The highest BCUT2D eigenvalue weighted by Crippen LogP contribution is 2.17. The molecule has 18 heavy (non-hydrogen) atoms. The molecule has 96 valence electrons. The molecule has 1 N–H and O–H groups in total. The van der Waals surface area contributed by atoms with Crippen LogP contribution in [0.2, 0.25) is 0 Å². The zero-order chi connectivity index (χ0) is 13.1. The van der Waals surface area contributed by atoms with Crippen molar-refractivity contribution < 1.29 is 13.6 Å². The molecule has 2 rings (SSSR count). The number of carbonyl (C=O) groups is 1. The van der Waals surface area contributed by atoms with Crippen LogP contribution in [0.1, 0.15) is 40.8 Å². The Kier molecular flexibility index (Phi) is 3.77. The summed E-state index contributed by atoms with van der Waals surface area (Å²) >= 11 is 5.61. The summed E-state index contributed by atoms with van der Waals surface area (Å²) in [7, 11) is 0. The smallest absolute Gasteiger partial charge is 0.287 e. The van der Waals surface area contributed by atoms with Crippen LogP contribution in [-0.2, 0) is 5.88 Å². The Morgan fingerprint density at radius 2 is 2.11 bits per heavy atom. The average Bonchev–Trinajstić information content (AvgIpc) is 2.97. The van der Waals surface area contributed by atoms with Gasteiger partial charge in [-0.1, -0.05) is 0 Å². The third-order valence-electron chi connectivity index (χ3n) is 2.55. The minimum Gasteiger partial charge on any atom is -0.464 e. The summed E-state index contributed by atoms with van der Waals surface area (Å²) in [4.78, 5) is 11.9. The number of hydrogen-bond acceptors (Lipinski definition) is 3. The van der Waals surface area contributed by atoms with Crippen LogP contribution in [0, 0.1) is 6.92 Å². The summed E-state index contributed by atoms with van der Waals surface area (Å²) in [5.41, 5.74) is 0. The summed E-state index contributed by atoms with van der Waals surface area (Å²) in [6, 6.07) is 6.77. The monoisotopic (exact) mass is 267 g/mol. The first-order chi connectivity index (χ1) is 8.60. The third-order valence-corrected chi connectivity index (χ3v) is 2.82. The van der Waals surface area contributed by atoms with E-state index in [1.54, 1.807) is 12.1 Å². The Bertz CT molecular complexity index is 544. The molecular weight excluding hydrogens is 254 g/mol. The molecule has 4 nitrogen and oxygen atoms in total. The molecule has 0 aliphatic heterocycles. The second-order valence-electron chi connectivity index (χ2n) is 4.04. The predicted molar refractivity (Wildman–Crippen MR) is 67.6 cm³/mol. The van der Waals surface area contributed by atoms with E-state index in [4.69, 9.17) is 20.4 Å². The molecule has 0 saturated heterocycles. The van der Waals surface area contributed by atoms with Crippen LogP contribution in [-0.4, -0.2) is 5.91 Å². The van der Waals surface area contributed by atoms with Crippen molar-refractivity contribution in [1.82, 2.24) is 5.32 Å². The first-order valence-electron chi connectivity index (χ1n) is 5.62. The van der Waals surface area contributed by atoms with Gasteiger partial charge in [-0.25, -0.2) is 0 Å². The highest BCUT2D eigenvalue weighted by Gasteiger charge is 2.16. The second kappa shape index (κ2) is 5.31. The molecule has 1 atom stereocenters. The number of alkyl halides is 1. The molecule has 0 radical (unpaired) electrons. The Morgan fingerprint density at radius 1 is 1.33 bits per heavy atom. The van der Waals surface area contributed by atoms with Crippen LogP contribution in [0.4, 0.5) is 0 Å². The Hall–Kier alpha value is -1.68. The molecule has 0 aliphatic carbocycles. The van der Waals surface area contributed by atoms with Crippen molar-refractivity contribution in [2.75, 3.05) is 0 Å². The van der Waals surface area contributed by atoms with E-state index in [1.807, 2.05) is 26.0 Å². The minimum absolute atomic E-state index is 0.212. The summed E-state index contributed by atoms with van der Waals surface area (Å²) in [6.45, 7) is 3.71. The van der Waals surface area contributed by atoms with Gasteiger partial charge in [0, 0.05) is 0 Å². The number of carbonyl (C=O) groups excluding carboxylic acids is 1. The first kappa shape index (κ1) is 12.8. The number of furan rings is 2. The molecule has 1 amide bonds. The van der Waals surface area contributed by atoms with E-state index in [9.17, 15) is 4.79 Å². The van der Waals surface area contributed by atoms with Gasteiger partial charge in [-0.3, -0.25) is 4.79 Å². The molecule has 0 saturated carbocycles. The van der Waals surface area contributed by atoms with Gasteiger partial charge in [-0.2, -0.15) is 0 Å². The van der Waals surface area contributed by atoms with E-state index in [0.29, 0.717) is 11.5 Å². The zero-order valence-corrected chi connectivity index (χ0v) is 11.0. The quantitative estimate of drug-likeness (QED) is 0.864. The number of rotatable bonds is 4. The van der Waals surface area contributed by atoms with E-state index in [-0.39, 0.29) is 23.6 Å². The zero-order valence-electron chi connectivity index (χ0n) is 10.2. The van der Waals surface area contributed by atoms with E-state index in [0.717, 1.165) is 5.76 Å². The van der Waals surface area contributed by atoms with Crippen LogP contribution < -0.4 is 5.32 Å².